The lowest BCUT2D eigenvalue weighted by molar-refractivity contribution is 0.0957. The number of tetrazole rings is 1. The molecule has 30 heavy (non-hydrogen) atoms. The highest BCUT2D eigenvalue weighted by Gasteiger charge is 2.22. The first-order chi connectivity index (χ1) is 14.4. The van der Waals surface area contributed by atoms with Gasteiger partial charge >= 0.3 is 0 Å². The van der Waals surface area contributed by atoms with Crippen LogP contribution in [-0.2, 0) is 11.3 Å². The average Bonchev–Trinajstić information content (AvgIpc) is 3.46. The number of benzene rings is 1. The summed E-state index contributed by atoms with van der Waals surface area (Å²) in [7, 11) is 0. The molecule has 3 aromatic rings. The molecular formula is C22H27N5O2S. The van der Waals surface area contributed by atoms with E-state index in [0.717, 1.165) is 59.8 Å². The van der Waals surface area contributed by atoms with Gasteiger partial charge in [-0.05, 0) is 74.2 Å². The number of hydrogen-bond acceptors (Lipinski definition) is 6. The summed E-state index contributed by atoms with van der Waals surface area (Å²) < 4.78 is 9.68. The fraction of sp³-hybridized carbons (Fsp3) is 0.455. The third kappa shape index (κ3) is 4.20. The van der Waals surface area contributed by atoms with Gasteiger partial charge in [0.05, 0.1) is 17.5 Å². The van der Waals surface area contributed by atoms with Crippen molar-refractivity contribution in [3.05, 3.63) is 52.3 Å². The Morgan fingerprint density at radius 3 is 2.83 bits per heavy atom. The molecule has 1 aliphatic heterocycles. The summed E-state index contributed by atoms with van der Waals surface area (Å²) in [5, 5.41) is 12.7. The SMILES string of the molecule is Cc1ccc(C)c(-n2nnnc2SCC(=O)c2cc(C)n(C[C@H]3CCCO3)c2C)c1. The van der Waals surface area contributed by atoms with Crippen LogP contribution in [0.2, 0.25) is 0 Å². The lowest BCUT2D eigenvalue weighted by Gasteiger charge is -2.14. The summed E-state index contributed by atoms with van der Waals surface area (Å²) in [6.45, 7) is 9.77. The van der Waals surface area contributed by atoms with E-state index in [4.69, 9.17) is 4.74 Å². The maximum Gasteiger partial charge on any atom is 0.214 e. The minimum atomic E-state index is 0.0854. The summed E-state index contributed by atoms with van der Waals surface area (Å²) in [6.07, 6.45) is 2.44. The molecule has 1 atom stereocenters. The molecule has 1 fully saturated rings. The molecule has 0 unspecified atom stereocenters. The number of carbonyl (C=O) groups excluding carboxylic acids is 1. The number of nitrogens with zero attached hydrogens (tertiary/aromatic N) is 5. The van der Waals surface area contributed by atoms with Gasteiger partial charge in [0.15, 0.2) is 5.78 Å². The van der Waals surface area contributed by atoms with Crippen molar-refractivity contribution >= 4 is 17.5 Å². The lowest BCUT2D eigenvalue weighted by Crippen LogP contribution is -2.17. The van der Waals surface area contributed by atoms with Gasteiger partial charge in [0.2, 0.25) is 5.16 Å². The zero-order valence-corrected chi connectivity index (χ0v) is 18.7. The molecule has 158 valence electrons. The van der Waals surface area contributed by atoms with Crippen LogP contribution in [0, 0.1) is 27.7 Å². The molecule has 1 aromatic carbocycles. The van der Waals surface area contributed by atoms with Crippen molar-refractivity contribution in [2.45, 2.75) is 58.3 Å². The predicted octanol–water partition coefficient (Wildman–Crippen LogP) is 3.85. The van der Waals surface area contributed by atoms with Crippen LogP contribution in [0.25, 0.3) is 5.69 Å². The van der Waals surface area contributed by atoms with Crippen LogP contribution in [-0.4, -0.2) is 49.0 Å². The Hall–Kier alpha value is -2.45. The highest BCUT2D eigenvalue weighted by molar-refractivity contribution is 7.99. The van der Waals surface area contributed by atoms with Crippen molar-refractivity contribution in [3.63, 3.8) is 0 Å². The predicted molar refractivity (Wildman–Crippen MR) is 117 cm³/mol. The molecule has 0 amide bonds. The Labute approximate surface area is 180 Å². The van der Waals surface area contributed by atoms with Crippen LogP contribution in [0.4, 0.5) is 0 Å². The van der Waals surface area contributed by atoms with Gasteiger partial charge in [0, 0.05) is 30.1 Å². The van der Waals surface area contributed by atoms with E-state index in [2.05, 4.69) is 38.3 Å². The molecule has 0 aliphatic carbocycles. The minimum Gasteiger partial charge on any atom is -0.376 e. The molecular weight excluding hydrogens is 398 g/mol. The number of rotatable bonds is 7. The van der Waals surface area contributed by atoms with E-state index in [1.807, 2.05) is 33.8 Å². The van der Waals surface area contributed by atoms with Crippen molar-refractivity contribution in [2.75, 3.05) is 12.4 Å². The lowest BCUT2D eigenvalue weighted by atomic mass is 10.1. The maximum absolute atomic E-state index is 13.0. The number of Topliss-reactive ketones (excluding diaryl/α,β-unsaturated/α-hetero) is 1. The molecule has 2 aromatic heterocycles. The zero-order valence-electron chi connectivity index (χ0n) is 17.9. The quantitative estimate of drug-likeness (QED) is 0.423. The molecule has 7 nitrogen and oxygen atoms in total. The Morgan fingerprint density at radius 2 is 2.07 bits per heavy atom. The first kappa shape index (κ1) is 20.8. The van der Waals surface area contributed by atoms with Crippen LogP contribution >= 0.6 is 11.8 Å². The van der Waals surface area contributed by atoms with Gasteiger partial charge < -0.3 is 9.30 Å². The zero-order chi connectivity index (χ0) is 21.3. The van der Waals surface area contributed by atoms with Crippen LogP contribution in [0.5, 0.6) is 0 Å². The maximum atomic E-state index is 13.0. The number of ether oxygens (including phenoxy) is 1. The van der Waals surface area contributed by atoms with Crippen LogP contribution in [0.1, 0.15) is 45.7 Å². The second kappa shape index (κ2) is 8.73. The van der Waals surface area contributed by atoms with E-state index in [9.17, 15) is 4.79 Å². The molecule has 8 heteroatoms. The fourth-order valence-corrected chi connectivity index (χ4v) is 4.70. The van der Waals surface area contributed by atoms with Gasteiger partial charge in [-0.25, -0.2) is 0 Å². The Morgan fingerprint density at radius 1 is 1.23 bits per heavy atom. The van der Waals surface area contributed by atoms with Crippen LogP contribution in [0.3, 0.4) is 0 Å². The molecule has 0 bridgehead atoms. The van der Waals surface area contributed by atoms with Crippen molar-refractivity contribution in [1.29, 1.82) is 0 Å². The summed E-state index contributed by atoms with van der Waals surface area (Å²) >= 11 is 1.37. The Bertz CT molecular complexity index is 1070. The molecule has 4 rings (SSSR count). The van der Waals surface area contributed by atoms with Gasteiger partial charge in [0.1, 0.15) is 0 Å². The molecule has 0 spiro atoms. The third-order valence-electron chi connectivity index (χ3n) is 5.65. The van der Waals surface area contributed by atoms with Crippen molar-refractivity contribution in [2.24, 2.45) is 0 Å². The molecule has 3 heterocycles. The summed E-state index contributed by atoms with van der Waals surface area (Å²) in [6, 6.07) is 8.15. The number of aryl methyl sites for hydroxylation is 3. The number of thioether (sulfide) groups is 1. The number of hydrogen-bond donors (Lipinski definition) is 0. The van der Waals surface area contributed by atoms with Crippen LogP contribution in [0.15, 0.2) is 29.4 Å². The average molecular weight is 426 g/mol. The van der Waals surface area contributed by atoms with E-state index in [-0.39, 0.29) is 17.6 Å². The Kier molecular flexibility index (Phi) is 6.06. The van der Waals surface area contributed by atoms with E-state index >= 15 is 0 Å². The van der Waals surface area contributed by atoms with E-state index in [1.54, 1.807) is 4.68 Å². The van der Waals surface area contributed by atoms with Gasteiger partial charge in [-0.2, -0.15) is 4.68 Å². The largest absolute Gasteiger partial charge is 0.376 e. The third-order valence-corrected chi connectivity index (χ3v) is 6.57. The second-order valence-corrected chi connectivity index (χ2v) is 8.85. The Balaban J connectivity index is 1.49. The first-order valence-electron chi connectivity index (χ1n) is 10.2. The van der Waals surface area contributed by atoms with Crippen molar-refractivity contribution in [1.82, 2.24) is 24.8 Å². The highest BCUT2D eigenvalue weighted by Crippen LogP contribution is 2.25. The number of ketones is 1. The summed E-state index contributed by atoms with van der Waals surface area (Å²) in [5.74, 6) is 0.373. The van der Waals surface area contributed by atoms with Crippen molar-refractivity contribution in [3.8, 4) is 5.69 Å². The highest BCUT2D eigenvalue weighted by atomic mass is 32.2. The molecule has 1 saturated heterocycles. The second-order valence-electron chi connectivity index (χ2n) is 7.91. The van der Waals surface area contributed by atoms with Gasteiger partial charge in [-0.1, -0.05) is 23.9 Å². The summed E-state index contributed by atoms with van der Waals surface area (Å²) in [4.78, 5) is 13.0. The van der Waals surface area contributed by atoms with Gasteiger partial charge in [-0.15, -0.1) is 5.10 Å². The van der Waals surface area contributed by atoms with Gasteiger partial charge in [0.25, 0.3) is 0 Å². The molecule has 0 saturated carbocycles. The molecule has 1 aliphatic rings. The van der Waals surface area contributed by atoms with Gasteiger partial charge in [-0.3, -0.25) is 4.79 Å². The topological polar surface area (TPSA) is 74.8 Å². The standard InChI is InChI=1S/C22H27N5O2S/c1-14-7-8-15(2)20(10-14)27-22(23-24-25-27)30-13-21(28)19-11-16(3)26(17(19)4)12-18-6-5-9-29-18/h7-8,10-11,18H,5-6,9,12-13H2,1-4H3/t18-/m1/s1. The monoisotopic (exact) mass is 425 g/mol. The van der Waals surface area contributed by atoms with E-state index in [0.29, 0.717) is 5.16 Å². The first-order valence-corrected chi connectivity index (χ1v) is 11.2. The van der Waals surface area contributed by atoms with E-state index in [1.165, 1.54) is 11.8 Å². The number of aromatic nitrogens is 5. The molecule has 0 radical (unpaired) electrons. The smallest absolute Gasteiger partial charge is 0.214 e. The van der Waals surface area contributed by atoms with Crippen LogP contribution < -0.4 is 0 Å². The normalized spacial score (nSPS) is 16.3. The minimum absolute atomic E-state index is 0.0854. The number of carbonyl (C=O) groups is 1. The summed E-state index contributed by atoms with van der Waals surface area (Å²) in [5.41, 5.74) is 6.02. The fourth-order valence-electron chi connectivity index (χ4n) is 3.93. The van der Waals surface area contributed by atoms with Crippen molar-refractivity contribution < 1.29 is 9.53 Å². The van der Waals surface area contributed by atoms with E-state index < -0.39 is 0 Å². The molecule has 0 N–H and O–H groups in total.